The molecular formula is C20H30N2O3. The monoisotopic (exact) mass is 346 g/mol. The quantitative estimate of drug-likeness (QED) is 0.858. The Kier molecular flexibility index (Phi) is 6.09. The van der Waals surface area contributed by atoms with E-state index in [9.17, 15) is 9.59 Å². The summed E-state index contributed by atoms with van der Waals surface area (Å²) in [6.45, 7) is 8.88. The molecule has 0 spiro atoms. The van der Waals surface area contributed by atoms with Crippen molar-refractivity contribution in [2.24, 2.45) is 0 Å². The van der Waals surface area contributed by atoms with Crippen molar-refractivity contribution in [1.29, 1.82) is 0 Å². The van der Waals surface area contributed by atoms with Gasteiger partial charge in [-0.15, -0.1) is 0 Å². The Morgan fingerprint density at radius 2 is 1.84 bits per heavy atom. The average molecular weight is 346 g/mol. The zero-order valence-electron chi connectivity index (χ0n) is 15.8. The molecule has 5 heteroatoms. The molecule has 0 bridgehead atoms. The Balaban J connectivity index is 1.90. The molecule has 138 valence electrons. The summed E-state index contributed by atoms with van der Waals surface area (Å²) in [6, 6.07) is 9.97. The van der Waals surface area contributed by atoms with E-state index in [0.717, 1.165) is 24.8 Å². The molecular weight excluding hydrogens is 316 g/mol. The number of nitrogens with zero attached hydrogens (tertiary/aromatic N) is 1. The minimum absolute atomic E-state index is 0.0604. The van der Waals surface area contributed by atoms with Gasteiger partial charge in [0.15, 0.2) is 0 Å². The van der Waals surface area contributed by atoms with Gasteiger partial charge in [-0.1, -0.05) is 36.8 Å². The molecule has 2 rings (SSSR count). The van der Waals surface area contributed by atoms with Crippen LogP contribution in [-0.4, -0.2) is 42.1 Å². The molecule has 1 aliphatic carbocycles. The maximum absolute atomic E-state index is 12.8. The third-order valence-electron chi connectivity index (χ3n) is 4.67. The molecule has 0 radical (unpaired) electrons. The van der Waals surface area contributed by atoms with Crippen LogP contribution in [0, 0.1) is 0 Å². The SMILES string of the molecule is CCN(CCNC(=O)C1(c2ccccc2)CCC1)C(=O)OC(C)(C)C. The number of nitrogens with one attached hydrogen (secondary N) is 1. The van der Waals surface area contributed by atoms with Gasteiger partial charge in [0.1, 0.15) is 5.60 Å². The van der Waals surface area contributed by atoms with E-state index in [1.165, 1.54) is 0 Å². The summed E-state index contributed by atoms with van der Waals surface area (Å²) in [7, 11) is 0. The van der Waals surface area contributed by atoms with Crippen LogP contribution >= 0.6 is 0 Å². The predicted molar refractivity (Wildman–Crippen MR) is 98.5 cm³/mol. The zero-order valence-corrected chi connectivity index (χ0v) is 15.8. The van der Waals surface area contributed by atoms with E-state index in [0.29, 0.717) is 19.6 Å². The number of rotatable bonds is 6. The topological polar surface area (TPSA) is 58.6 Å². The Labute approximate surface area is 150 Å². The highest BCUT2D eigenvalue weighted by Crippen LogP contribution is 2.43. The average Bonchev–Trinajstić information content (AvgIpc) is 2.49. The molecule has 1 aromatic carbocycles. The highest BCUT2D eigenvalue weighted by Gasteiger charge is 2.45. The summed E-state index contributed by atoms with van der Waals surface area (Å²) in [5.74, 6) is 0.0604. The molecule has 1 N–H and O–H groups in total. The molecule has 0 unspecified atom stereocenters. The van der Waals surface area contributed by atoms with Crippen LogP contribution in [0.1, 0.15) is 52.5 Å². The Hall–Kier alpha value is -2.04. The van der Waals surface area contributed by atoms with E-state index in [4.69, 9.17) is 4.74 Å². The first-order chi connectivity index (χ1) is 11.8. The number of hydrogen-bond acceptors (Lipinski definition) is 3. The van der Waals surface area contributed by atoms with E-state index in [2.05, 4.69) is 5.32 Å². The summed E-state index contributed by atoms with van der Waals surface area (Å²) < 4.78 is 5.39. The van der Waals surface area contributed by atoms with Gasteiger partial charge in [-0.25, -0.2) is 4.79 Å². The number of ether oxygens (including phenoxy) is 1. The second-order valence-corrected chi connectivity index (χ2v) is 7.62. The lowest BCUT2D eigenvalue weighted by atomic mass is 9.64. The summed E-state index contributed by atoms with van der Waals surface area (Å²) in [5.41, 5.74) is 0.166. The summed E-state index contributed by atoms with van der Waals surface area (Å²) in [4.78, 5) is 26.5. The molecule has 1 aliphatic rings. The molecule has 1 fully saturated rings. The van der Waals surface area contributed by atoms with E-state index < -0.39 is 11.0 Å². The lowest BCUT2D eigenvalue weighted by Gasteiger charge is -2.40. The van der Waals surface area contributed by atoms with Crippen LogP contribution < -0.4 is 5.32 Å². The third-order valence-corrected chi connectivity index (χ3v) is 4.67. The van der Waals surface area contributed by atoms with Crippen molar-refractivity contribution in [3.8, 4) is 0 Å². The summed E-state index contributed by atoms with van der Waals surface area (Å²) >= 11 is 0. The van der Waals surface area contributed by atoms with Crippen LogP contribution in [0.25, 0.3) is 0 Å². The molecule has 5 nitrogen and oxygen atoms in total. The summed E-state index contributed by atoms with van der Waals surface area (Å²) in [5, 5.41) is 3.02. The molecule has 0 aromatic heterocycles. The van der Waals surface area contributed by atoms with Crippen molar-refractivity contribution in [2.45, 2.75) is 58.0 Å². The van der Waals surface area contributed by atoms with Crippen LogP contribution in [0.4, 0.5) is 4.79 Å². The number of amides is 2. The van der Waals surface area contributed by atoms with Crippen LogP contribution in [0.3, 0.4) is 0 Å². The van der Waals surface area contributed by atoms with Crippen LogP contribution in [0.5, 0.6) is 0 Å². The zero-order chi connectivity index (χ0) is 18.5. The highest BCUT2D eigenvalue weighted by molar-refractivity contribution is 5.89. The largest absolute Gasteiger partial charge is 0.444 e. The van der Waals surface area contributed by atoms with Gasteiger partial charge in [-0.05, 0) is 46.1 Å². The van der Waals surface area contributed by atoms with Gasteiger partial charge in [0, 0.05) is 19.6 Å². The van der Waals surface area contributed by atoms with Gasteiger partial charge in [-0.2, -0.15) is 0 Å². The molecule has 1 saturated carbocycles. The van der Waals surface area contributed by atoms with Gasteiger partial charge in [-0.3, -0.25) is 4.79 Å². The molecule has 2 amide bonds. The van der Waals surface area contributed by atoms with Crippen LogP contribution in [0.15, 0.2) is 30.3 Å². The predicted octanol–water partition coefficient (Wildman–Crippen LogP) is 3.48. The molecule has 25 heavy (non-hydrogen) atoms. The number of hydrogen-bond donors (Lipinski definition) is 1. The number of carbonyl (C=O) groups is 2. The smallest absolute Gasteiger partial charge is 0.410 e. The minimum Gasteiger partial charge on any atom is -0.444 e. The second-order valence-electron chi connectivity index (χ2n) is 7.62. The van der Waals surface area contributed by atoms with E-state index in [1.54, 1.807) is 4.90 Å². The van der Waals surface area contributed by atoms with Gasteiger partial charge >= 0.3 is 6.09 Å². The fourth-order valence-electron chi connectivity index (χ4n) is 3.11. The van der Waals surface area contributed by atoms with Gasteiger partial charge in [0.2, 0.25) is 5.91 Å². The molecule has 0 saturated heterocycles. The van der Waals surface area contributed by atoms with Gasteiger partial charge < -0.3 is 15.0 Å². The number of likely N-dealkylation sites (N-methyl/N-ethyl adjacent to an activating group) is 1. The van der Waals surface area contributed by atoms with Crippen molar-refractivity contribution >= 4 is 12.0 Å². The summed E-state index contributed by atoms with van der Waals surface area (Å²) in [6.07, 6.45) is 2.49. The van der Waals surface area contributed by atoms with E-state index in [-0.39, 0.29) is 12.0 Å². The second kappa shape index (κ2) is 7.89. The maximum Gasteiger partial charge on any atom is 0.410 e. The molecule has 0 aliphatic heterocycles. The number of carbonyl (C=O) groups excluding carboxylic acids is 2. The van der Waals surface area contributed by atoms with Crippen molar-refractivity contribution in [3.63, 3.8) is 0 Å². The van der Waals surface area contributed by atoms with Crippen LogP contribution in [0.2, 0.25) is 0 Å². The molecule has 1 aromatic rings. The lowest BCUT2D eigenvalue weighted by molar-refractivity contribution is -0.130. The maximum atomic E-state index is 12.8. The Morgan fingerprint density at radius 3 is 2.32 bits per heavy atom. The van der Waals surface area contributed by atoms with Crippen molar-refractivity contribution < 1.29 is 14.3 Å². The third kappa shape index (κ3) is 4.74. The van der Waals surface area contributed by atoms with E-state index >= 15 is 0 Å². The first kappa shape index (κ1) is 19.3. The minimum atomic E-state index is -0.517. The molecule has 0 heterocycles. The fourth-order valence-corrected chi connectivity index (χ4v) is 3.11. The van der Waals surface area contributed by atoms with Crippen LogP contribution in [-0.2, 0) is 14.9 Å². The Morgan fingerprint density at radius 1 is 1.20 bits per heavy atom. The van der Waals surface area contributed by atoms with Crippen molar-refractivity contribution in [3.05, 3.63) is 35.9 Å². The van der Waals surface area contributed by atoms with Crippen molar-refractivity contribution in [1.82, 2.24) is 10.2 Å². The Bertz CT molecular complexity index is 589. The molecule has 0 atom stereocenters. The van der Waals surface area contributed by atoms with Crippen molar-refractivity contribution in [2.75, 3.05) is 19.6 Å². The highest BCUT2D eigenvalue weighted by atomic mass is 16.6. The van der Waals surface area contributed by atoms with Gasteiger partial charge in [0.25, 0.3) is 0 Å². The normalized spacial score (nSPS) is 15.8. The first-order valence-electron chi connectivity index (χ1n) is 9.10. The standard InChI is InChI=1S/C20H30N2O3/c1-5-22(18(24)25-19(2,3)4)15-14-21-17(23)20(12-9-13-20)16-10-7-6-8-11-16/h6-8,10-11H,5,9,12-15H2,1-4H3,(H,21,23). The first-order valence-corrected chi connectivity index (χ1v) is 9.10. The van der Waals surface area contributed by atoms with Gasteiger partial charge in [0.05, 0.1) is 5.41 Å². The lowest BCUT2D eigenvalue weighted by Crippen LogP contribution is -2.51. The number of benzene rings is 1. The van der Waals surface area contributed by atoms with E-state index in [1.807, 2.05) is 58.0 Å². The fraction of sp³-hybridized carbons (Fsp3) is 0.600.